The number of hydrogen-bond donors (Lipinski definition) is 3. The normalized spacial score (nSPS) is 11.6. The second-order valence-corrected chi connectivity index (χ2v) is 5.50. The lowest BCUT2D eigenvalue weighted by Gasteiger charge is -2.18. The third-order valence-electron chi connectivity index (χ3n) is 3.63. The van der Waals surface area contributed by atoms with Crippen LogP contribution in [-0.4, -0.2) is 70.5 Å². The first-order chi connectivity index (χ1) is 11.6. The van der Waals surface area contributed by atoms with E-state index in [1.54, 1.807) is 39.5 Å². The Bertz CT molecular complexity index is 509. The number of hydrogen-bond acceptors (Lipinski definition) is 5. The number of likely N-dealkylation sites (N-methyl/N-ethyl adjacent to an activating group) is 1. The molecule has 0 aliphatic carbocycles. The minimum Gasteiger partial charge on any atom is -0.508 e. The maximum absolute atomic E-state index is 9.89. The van der Waals surface area contributed by atoms with Gasteiger partial charge in [0, 0.05) is 52.5 Å². The van der Waals surface area contributed by atoms with Gasteiger partial charge in [0.1, 0.15) is 11.5 Å². The largest absolute Gasteiger partial charge is 0.508 e. The molecule has 0 saturated heterocycles. The van der Waals surface area contributed by atoms with Gasteiger partial charge in [0.2, 0.25) is 0 Å². The quantitative estimate of drug-likeness (QED) is 0.336. The van der Waals surface area contributed by atoms with Crippen LogP contribution in [0.25, 0.3) is 0 Å². The van der Waals surface area contributed by atoms with E-state index in [2.05, 4.69) is 27.6 Å². The van der Waals surface area contributed by atoms with Crippen molar-refractivity contribution < 1.29 is 14.6 Å². The minimum absolute atomic E-state index is 0.233. The molecule has 0 radical (unpaired) electrons. The summed E-state index contributed by atoms with van der Waals surface area (Å²) in [5.41, 5.74) is 0.758. The Morgan fingerprint density at radius 3 is 2.71 bits per heavy atom. The highest BCUT2D eigenvalue weighted by atomic mass is 16.5. The van der Waals surface area contributed by atoms with Crippen LogP contribution in [0.5, 0.6) is 11.5 Å². The molecule has 0 amide bonds. The highest BCUT2D eigenvalue weighted by molar-refractivity contribution is 5.79. The van der Waals surface area contributed by atoms with Crippen molar-refractivity contribution in [2.24, 2.45) is 4.99 Å². The lowest BCUT2D eigenvalue weighted by atomic mass is 10.2. The van der Waals surface area contributed by atoms with E-state index in [-0.39, 0.29) is 5.75 Å². The zero-order chi connectivity index (χ0) is 17.8. The molecule has 1 aromatic rings. The van der Waals surface area contributed by atoms with E-state index in [1.165, 1.54) is 0 Å². The van der Waals surface area contributed by atoms with E-state index in [0.29, 0.717) is 18.3 Å². The van der Waals surface area contributed by atoms with Gasteiger partial charge in [-0.3, -0.25) is 4.99 Å². The Morgan fingerprint density at radius 2 is 2.04 bits per heavy atom. The molecule has 7 nitrogen and oxygen atoms in total. The van der Waals surface area contributed by atoms with Crippen LogP contribution < -0.4 is 15.4 Å². The highest BCUT2D eigenvalue weighted by Gasteiger charge is 2.05. The lowest BCUT2D eigenvalue weighted by Crippen LogP contribution is -2.40. The van der Waals surface area contributed by atoms with E-state index in [1.807, 2.05) is 0 Å². The number of nitrogens with zero attached hydrogens (tertiary/aromatic N) is 2. The molecule has 1 aromatic carbocycles. The summed E-state index contributed by atoms with van der Waals surface area (Å²) in [6, 6.07) is 5.16. The fourth-order valence-electron chi connectivity index (χ4n) is 2.19. The summed E-state index contributed by atoms with van der Waals surface area (Å²) in [7, 11) is 7.13. The number of rotatable bonds is 10. The molecule has 0 fully saturated rings. The average molecular weight is 338 g/mol. The van der Waals surface area contributed by atoms with Crippen LogP contribution in [0.2, 0.25) is 0 Å². The summed E-state index contributed by atoms with van der Waals surface area (Å²) in [4.78, 5) is 6.43. The molecular weight excluding hydrogens is 308 g/mol. The average Bonchev–Trinajstić information content (AvgIpc) is 2.59. The summed E-state index contributed by atoms with van der Waals surface area (Å²) in [6.07, 6.45) is 1.02. The third kappa shape index (κ3) is 7.52. The number of benzene rings is 1. The van der Waals surface area contributed by atoms with Gasteiger partial charge in [-0.05, 0) is 31.7 Å². The molecule has 1 rings (SSSR count). The molecule has 0 aromatic heterocycles. The number of ether oxygens (including phenoxy) is 2. The van der Waals surface area contributed by atoms with Crippen molar-refractivity contribution in [3.8, 4) is 11.5 Å². The number of methoxy groups -OCH3 is 2. The first-order valence-electron chi connectivity index (χ1n) is 8.08. The number of nitrogens with one attached hydrogen (secondary N) is 2. The molecule has 136 valence electrons. The smallest absolute Gasteiger partial charge is 0.191 e. The van der Waals surface area contributed by atoms with Crippen LogP contribution in [-0.2, 0) is 11.3 Å². The van der Waals surface area contributed by atoms with E-state index in [0.717, 1.165) is 38.2 Å². The van der Waals surface area contributed by atoms with Crippen LogP contribution >= 0.6 is 0 Å². The third-order valence-corrected chi connectivity index (χ3v) is 3.63. The molecule has 0 unspecified atom stereocenters. The predicted molar refractivity (Wildman–Crippen MR) is 96.9 cm³/mol. The standard InChI is InChI=1S/C17H30N4O3/c1-18-17(19-8-10-21(2)9-5-11-23-3)20-13-14-12-15(24-4)6-7-16(14)22/h6-7,12,22H,5,8-11,13H2,1-4H3,(H2,18,19,20). The van der Waals surface area contributed by atoms with Crippen LogP contribution in [0.15, 0.2) is 23.2 Å². The second-order valence-electron chi connectivity index (χ2n) is 5.50. The van der Waals surface area contributed by atoms with Gasteiger partial charge in [-0.1, -0.05) is 0 Å². The molecule has 0 aliphatic heterocycles. The van der Waals surface area contributed by atoms with E-state index in [9.17, 15) is 5.11 Å². The second kappa shape index (κ2) is 11.5. The Labute approximate surface area is 144 Å². The van der Waals surface area contributed by atoms with Crippen molar-refractivity contribution >= 4 is 5.96 Å². The Balaban J connectivity index is 2.35. The van der Waals surface area contributed by atoms with E-state index in [4.69, 9.17) is 9.47 Å². The van der Waals surface area contributed by atoms with Gasteiger partial charge < -0.3 is 30.1 Å². The number of guanidine groups is 1. The lowest BCUT2D eigenvalue weighted by molar-refractivity contribution is 0.180. The maximum atomic E-state index is 9.89. The van der Waals surface area contributed by atoms with Crippen molar-refractivity contribution in [2.75, 3.05) is 54.6 Å². The molecule has 3 N–H and O–H groups in total. The fourth-order valence-corrected chi connectivity index (χ4v) is 2.19. The Kier molecular flexibility index (Phi) is 9.64. The molecule has 24 heavy (non-hydrogen) atoms. The molecular formula is C17H30N4O3. The van der Waals surface area contributed by atoms with Gasteiger partial charge in [0.05, 0.1) is 7.11 Å². The van der Waals surface area contributed by atoms with E-state index >= 15 is 0 Å². The van der Waals surface area contributed by atoms with Crippen molar-refractivity contribution in [1.29, 1.82) is 0 Å². The minimum atomic E-state index is 0.233. The van der Waals surface area contributed by atoms with Crippen LogP contribution in [0.1, 0.15) is 12.0 Å². The number of phenols is 1. The zero-order valence-corrected chi connectivity index (χ0v) is 15.1. The molecule has 0 spiro atoms. The molecule has 0 aliphatic rings. The molecule has 7 heteroatoms. The SMILES string of the molecule is CN=C(NCCN(C)CCCOC)NCc1cc(OC)ccc1O. The number of aromatic hydroxyl groups is 1. The van der Waals surface area contributed by atoms with Crippen molar-refractivity contribution in [3.63, 3.8) is 0 Å². The van der Waals surface area contributed by atoms with Gasteiger partial charge >= 0.3 is 0 Å². The van der Waals surface area contributed by atoms with E-state index < -0.39 is 0 Å². The molecule has 0 saturated carbocycles. The molecule has 0 heterocycles. The van der Waals surface area contributed by atoms with Crippen LogP contribution in [0.4, 0.5) is 0 Å². The Morgan fingerprint density at radius 1 is 1.25 bits per heavy atom. The fraction of sp³-hybridized carbons (Fsp3) is 0.588. The van der Waals surface area contributed by atoms with Crippen LogP contribution in [0.3, 0.4) is 0 Å². The Hall–Kier alpha value is -1.99. The summed E-state index contributed by atoms with van der Waals surface area (Å²) in [6.45, 7) is 3.94. The molecule has 0 atom stereocenters. The summed E-state index contributed by atoms with van der Waals surface area (Å²) in [5.74, 6) is 1.64. The predicted octanol–water partition coefficient (Wildman–Crippen LogP) is 1.03. The van der Waals surface area contributed by atoms with Gasteiger partial charge in [-0.15, -0.1) is 0 Å². The summed E-state index contributed by atoms with van der Waals surface area (Å²) >= 11 is 0. The number of aliphatic imine (C=N–C) groups is 1. The summed E-state index contributed by atoms with van der Waals surface area (Å²) < 4.78 is 10.2. The van der Waals surface area contributed by atoms with Gasteiger partial charge in [-0.25, -0.2) is 0 Å². The van der Waals surface area contributed by atoms with Gasteiger partial charge in [0.25, 0.3) is 0 Å². The van der Waals surface area contributed by atoms with Gasteiger partial charge in [-0.2, -0.15) is 0 Å². The zero-order valence-electron chi connectivity index (χ0n) is 15.1. The highest BCUT2D eigenvalue weighted by Crippen LogP contribution is 2.22. The monoisotopic (exact) mass is 338 g/mol. The first-order valence-corrected chi connectivity index (χ1v) is 8.08. The maximum Gasteiger partial charge on any atom is 0.191 e. The first kappa shape index (κ1) is 20.1. The van der Waals surface area contributed by atoms with Crippen molar-refractivity contribution in [1.82, 2.24) is 15.5 Å². The van der Waals surface area contributed by atoms with Crippen molar-refractivity contribution in [2.45, 2.75) is 13.0 Å². The molecule has 0 bridgehead atoms. The van der Waals surface area contributed by atoms with Gasteiger partial charge in [0.15, 0.2) is 5.96 Å². The topological polar surface area (TPSA) is 78.4 Å². The van der Waals surface area contributed by atoms with Crippen LogP contribution in [0, 0.1) is 0 Å². The van der Waals surface area contributed by atoms with Crippen molar-refractivity contribution in [3.05, 3.63) is 23.8 Å². The summed E-state index contributed by atoms with van der Waals surface area (Å²) in [5, 5.41) is 16.3. The number of phenolic OH excluding ortho intramolecular Hbond substituents is 1.